The van der Waals surface area contributed by atoms with Crippen LogP contribution in [0.1, 0.15) is 30.1 Å². The van der Waals surface area contributed by atoms with Gasteiger partial charge in [0.25, 0.3) is 0 Å². The molecule has 0 atom stereocenters. The summed E-state index contributed by atoms with van der Waals surface area (Å²) in [5.74, 6) is 0. The smallest absolute Gasteiger partial charge is 0.0854 e. The Balaban J connectivity index is 2.35. The third-order valence-corrected chi connectivity index (χ3v) is 4.74. The molecule has 17 heavy (non-hydrogen) atoms. The lowest BCUT2D eigenvalue weighted by Gasteiger charge is -2.05. The van der Waals surface area contributed by atoms with Gasteiger partial charge in [0.15, 0.2) is 0 Å². The largest absolute Gasteiger partial charge is 0.396 e. The molecule has 2 N–H and O–H groups in total. The Kier molecular flexibility index (Phi) is 3.89. The van der Waals surface area contributed by atoms with Crippen LogP contribution in [0.25, 0.3) is 0 Å². The van der Waals surface area contributed by atoms with Gasteiger partial charge in [-0.05, 0) is 40.2 Å². The van der Waals surface area contributed by atoms with E-state index in [2.05, 4.69) is 46.3 Å². The number of thiophene rings is 1. The molecule has 2 aromatic rings. The lowest BCUT2D eigenvalue weighted by Crippen LogP contribution is -2.06. The number of halogens is 1. The average Bonchev–Trinajstić information content (AvgIpc) is 2.84. The second kappa shape index (κ2) is 5.23. The summed E-state index contributed by atoms with van der Waals surface area (Å²) in [4.78, 5) is 1.28. The molecule has 2 aromatic heterocycles. The zero-order chi connectivity index (χ0) is 12.4. The van der Waals surface area contributed by atoms with Crippen molar-refractivity contribution < 1.29 is 0 Å². The predicted octanol–water partition coefficient (Wildman–Crippen LogP) is 3.46. The summed E-state index contributed by atoms with van der Waals surface area (Å²) >= 11 is 5.29. The number of nitrogens with two attached hydrogens (primary N) is 1. The van der Waals surface area contributed by atoms with Crippen LogP contribution in [0.4, 0.5) is 5.69 Å². The van der Waals surface area contributed by atoms with Crippen molar-refractivity contribution in [1.29, 1.82) is 0 Å². The summed E-state index contributed by atoms with van der Waals surface area (Å²) in [6, 6.07) is 2.07. The number of nitrogen functional groups attached to an aromatic ring is 1. The maximum atomic E-state index is 6.10. The summed E-state index contributed by atoms with van der Waals surface area (Å²) in [6.45, 7) is 5.00. The number of nitrogens with zero attached hydrogens (tertiary/aromatic N) is 2. The Hall–Kier alpha value is -0.810. The van der Waals surface area contributed by atoms with E-state index in [4.69, 9.17) is 5.73 Å². The van der Waals surface area contributed by atoms with E-state index in [1.165, 1.54) is 4.88 Å². The molecule has 0 aliphatic carbocycles. The SMILES string of the molecule is CCc1nn(Cc2sccc2Br)c(CC)c1N. The standard InChI is InChI=1S/C12H16BrN3S/c1-3-9-12(14)10(4-2)16(15-9)7-11-8(13)5-6-17-11/h5-6H,3-4,7,14H2,1-2H3. The monoisotopic (exact) mass is 313 g/mol. The molecule has 0 saturated heterocycles. The van der Waals surface area contributed by atoms with Crippen molar-refractivity contribution in [2.45, 2.75) is 33.2 Å². The van der Waals surface area contributed by atoms with Crippen molar-refractivity contribution >= 4 is 33.0 Å². The first-order valence-electron chi connectivity index (χ1n) is 5.73. The number of hydrogen-bond acceptors (Lipinski definition) is 3. The van der Waals surface area contributed by atoms with Crippen molar-refractivity contribution in [2.24, 2.45) is 0 Å². The van der Waals surface area contributed by atoms with E-state index in [1.54, 1.807) is 11.3 Å². The van der Waals surface area contributed by atoms with E-state index in [-0.39, 0.29) is 0 Å². The summed E-state index contributed by atoms with van der Waals surface area (Å²) in [5.41, 5.74) is 9.11. The highest BCUT2D eigenvalue weighted by Crippen LogP contribution is 2.26. The van der Waals surface area contributed by atoms with E-state index in [9.17, 15) is 0 Å². The minimum Gasteiger partial charge on any atom is -0.396 e. The molecular formula is C12H16BrN3S. The summed E-state index contributed by atoms with van der Waals surface area (Å²) in [7, 11) is 0. The zero-order valence-corrected chi connectivity index (χ0v) is 12.4. The molecule has 2 heterocycles. The number of hydrogen-bond donors (Lipinski definition) is 1. The molecule has 92 valence electrons. The Morgan fingerprint density at radius 1 is 1.41 bits per heavy atom. The highest BCUT2D eigenvalue weighted by molar-refractivity contribution is 9.10. The van der Waals surface area contributed by atoms with Gasteiger partial charge in [-0.3, -0.25) is 4.68 Å². The predicted molar refractivity (Wildman–Crippen MR) is 76.5 cm³/mol. The number of aromatic nitrogens is 2. The Bertz CT molecular complexity index is 516. The van der Waals surface area contributed by atoms with E-state index >= 15 is 0 Å². The minimum absolute atomic E-state index is 0.797. The summed E-state index contributed by atoms with van der Waals surface area (Å²) in [5, 5.41) is 6.67. The first kappa shape index (κ1) is 12.6. The molecule has 0 radical (unpaired) electrons. The highest BCUT2D eigenvalue weighted by Gasteiger charge is 2.13. The molecule has 0 aromatic carbocycles. The first-order chi connectivity index (χ1) is 8.17. The van der Waals surface area contributed by atoms with Crippen LogP contribution in [-0.4, -0.2) is 9.78 Å². The van der Waals surface area contributed by atoms with Crippen LogP contribution in [-0.2, 0) is 19.4 Å². The van der Waals surface area contributed by atoms with Crippen LogP contribution in [0.3, 0.4) is 0 Å². The lowest BCUT2D eigenvalue weighted by molar-refractivity contribution is 0.645. The molecule has 0 aliphatic heterocycles. The van der Waals surface area contributed by atoms with Gasteiger partial charge in [-0.1, -0.05) is 13.8 Å². The van der Waals surface area contributed by atoms with E-state index in [1.807, 2.05) is 4.68 Å². The Labute approximate surface area is 114 Å². The zero-order valence-electron chi connectivity index (χ0n) is 10.0. The van der Waals surface area contributed by atoms with Gasteiger partial charge in [-0.25, -0.2) is 0 Å². The van der Waals surface area contributed by atoms with Gasteiger partial charge in [0, 0.05) is 9.35 Å². The van der Waals surface area contributed by atoms with Gasteiger partial charge in [-0.15, -0.1) is 11.3 Å². The molecule has 0 bridgehead atoms. The van der Waals surface area contributed by atoms with Crippen molar-refractivity contribution in [3.05, 3.63) is 32.2 Å². The van der Waals surface area contributed by atoms with Crippen molar-refractivity contribution in [2.75, 3.05) is 5.73 Å². The van der Waals surface area contributed by atoms with E-state index in [0.717, 1.165) is 40.9 Å². The fourth-order valence-corrected chi connectivity index (χ4v) is 3.36. The van der Waals surface area contributed by atoms with Crippen molar-refractivity contribution in [3.8, 4) is 0 Å². The number of anilines is 1. The molecule has 5 heteroatoms. The van der Waals surface area contributed by atoms with Crippen LogP contribution in [0, 0.1) is 0 Å². The molecule has 0 spiro atoms. The van der Waals surface area contributed by atoms with Gasteiger partial charge < -0.3 is 5.73 Å². The van der Waals surface area contributed by atoms with E-state index in [0.29, 0.717) is 0 Å². The van der Waals surface area contributed by atoms with Gasteiger partial charge in [0.2, 0.25) is 0 Å². The van der Waals surface area contributed by atoms with Crippen LogP contribution >= 0.6 is 27.3 Å². The fourth-order valence-electron chi connectivity index (χ4n) is 1.90. The third kappa shape index (κ3) is 2.40. The maximum absolute atomic E-state index is 6.10. The van der Waals surface area contributed by atoms with Gasteiger partial charge >= 0.3 is 0 Å². The second-order valence-corrected chi connectivity index (χ2v) is 5.72. The average molecular weight is 314 g/mol. The van der Waals surface area contributed by atoms with Crippen LogP contribution < -0.4 is 5.73 Å². The third-order valence-electron chi connectivity index (χ3n) is 2.83. The Morgan fingerprint density at radius 2 is 2.18 bits per heavy atom. The van der Waals surface area contributed by atoms with Gasteiger partial charge in [-0.2, -0.15) is 5.10 Å². The molecule has 0 fully saturated rings. The molecular weight excluding hydrogens is 298 g/mol. The van der Waals surface area contributed by atoms with Crippen molar-refractivity contribution in [3.63, 3.8) is 0 Å². The van der Waals surface area contributed by atoms with Crippen LogP contribution in [0.15, 0.2) is 15.9 Å². The van der Waals surface area contributed by atoms with Gasteiger partial charge in [0.1, 0.15) is 0 Å². The fraction of sp³-hybridized carbons (Fsp3) is 0.417. The molecule has 0 amide bonds. The lowest BCUT2D eigenvalue weighted by atomic mass is 10.2. The number of aryl methyl sites for hydroxylation is 1. The molecule has 0 aliphatic rings. The van der Waals surface area contributed by atoms with Crippen LogP contribution in [0.2, 0.25) is 0 Å². The maximum Gasteiger partial charge on any atom is 0.0854 e. The quantitative estimate of drug-likeness (QED) is 0.939. The molecule has 3 nitrogen and oxygen atoms in total. The molecule has 0 saturated carbocycles. The summed E-state index contributed by atoms with van der Waals surface area (Å²) < 4.78 is 3.18. The normalized spacial score (nSPS) is 11.0. The van der Waals surface area contributed by atoms with Gasteiger partial charge in [0.05, 0.1) is 23.6 Å². The van der Waals surface area contributed by atoms with E-state index < -0.39 is 0 Å². The minimum atomic E-state index is 0.797. The Morgan fingerprint density at radius 3 is 2.71 bits per heavy atom. The molecule has 0 unspecified atom stereocenters. The first-order valence-corrected chi connectivity index (χ1v) is 7.40. The summed E-state index contributed by atoms with van der Waals surface area (Å²) in [6.07, 6.45) is 1.80. The topological polar surface area (TPSA) is 43.8 Å². The van der Waals surface area contributed by atoms with Crippen molar-refractivity contribution in [1.82, 2.24) is 9.78 Å². The highest BCUT2D eigenvalue weighted by atomic mass is 79.9. The molecule has 2 rings (SSSR count). The second-order valence-electron chi connectivity index (χ2n) is 3.86. The van der Waals surface area contributed by atoms with Crippen LogP contribution in [0.5, 0.6) is 0 Å². The number of rotatable bonds is 4.